The number of amides is 1. The highest BCUT2D eigenvalue weighted by Crippen LogP contribution is 2.26. The van der Waals surface area contributed by atoms with Crippen molar-refractivity contribution >= 4 is 22.4 Å². The molecule has 3 heterocycles. The minimum atomic E-state index is 0.0425. The smallest absolute Gasteiger partial charge is 0.273 e. The Balaban J connectivity index is 1.68. The summed E-state index contributed by atoms with van der Waals surface area (Å²) in [7, 11) is 0. The number of thiazole rings is 1. The lowest BCUT2D eigenvalue weighted by atomic mass is 10.0. The van der Waals surface area contributed by atoms with Gasteiger partial charge in [-0.15, -0.1) is 11.3 Å². The molecule has 1 unspecified atom stereocenters. The number of hydrogen-bond donors (Lipinski definition) is 0. The van der Waals surface area contributed by atoms with Gasteiger partial charge in [0.1, 0.15) is 5.69 Å². The second-order valence-corrected chi connectivity index (χ2v) is 6.45. The number of ether oxygens (including phenoxy) is 1. The van der Waals surface area contributed by atoms with E-state index in [0.29, 0.717) is 37.9 Å². The summed E-state index contributed by atoms with van der Waals surface area (Å²) < 4.78 is 5.28. The molecule has 0 spiro atoms. The highest BCUT2D eigenvalue weighted by molar-refractivity contribution is 7.13. The molecule has 5 nitrogen and oxygen atoms in total. The van der Waals surface area contributed by atoms with Crippen molar-refractivity contribution in [1.82, 2.24) is 9.88 Å². The summed E-state index contributed by atoms with van der Waals surface area (Å²) in [5.74, 6) is 0.756. The minimum absolute atomic E-state index is 0.0425. The quantitative estimate of drug-likeness (QED) is 0.835. The summed E-state index contributed by atoms with van der Waals surface area (Å²) in [6, 6.07) is 0. The Morgan fingerprint density at radius 1 is 1.40 bits per heavy atom. The predicted molar refractivity (Wildman–Crippen MR) is 79.4 cm³/mol. The van der Waals surface area contributed by atoms with Crippen LogP contribution in [0.2, 0.25) is 0 Å². The highest BCUT2D eigenvalue weighted by atomic mass is 32.1. The first-order chi connectivity index (χ1) is 9.74. The van der Waals surface area contributed by atoms with Gasteiger partial charge in [-0.1, -0.05) is 6.92 Å². The third-order valence-electron chi connectivity index (χ3n) is 3.94. The lowest BCUT2D eigenvalue weighted by molar-refractivity contribution is 0.0299. The second kappa shape index (κ2) is 6.10. The normalized spacial score (nSPS) is 23.9. The molecule has 20 heavy (non-hydrogen) atoms. The lowest BCUT2D eigenvalue weighted by Crippen LogP contribution is -2.41. The van der Waals surface area contributed by atoms with Gasteiger partial charge in [0, 0.05) is 31.6 Å². The number of morpholine rings is 1. The summed E-state index contributed by atoms with van der Waals surface area (Å²) in [6.07, 6.45) is 2.51. The van der Waals surface area contributed by atoms with Crippen LogP contribution in [0.4, 0.5) is 5.13 Å². The third kappa shape index (κ3) is 2.96. The van der Waals surface area contributed by atoms with Crippen LogP contribution in [-0.4, -0.2) is 55.2 Å². The van der Waals surface area contributed by atoms with Crippen LogP contribution in [0, 0.1) is 5.92 Å². The van der Waals surface area contributed by atoms with Gasteiger partial charge in [0.2, 0.25) is 0 Å². The first kappa shape index (κ1) is 13.8. The van der Waals surface area contributed by atoms with E-state index < -0.39 is 0 Å². The fourth-order valence-corrected chi connectivity index (χ4v) is 3.64. The molecule has 1 aromatic rings. The van der Waals surface area contributed by atoms with E-state index in [1.807, 2.05) is 10.3 Å². The summed E-state index contributed by atoms with van der Waals surface area (Å²) in [5, 5.41) is 2.89. The van der Waals surface area contributed by atoms with Crippen molar-refractivity contribution in [3.05, 3.63) is 11.1 Å². The fourth-order valence-electron chi connectivity index (χ4n) is 2.80. The van der Waals surface area contributed by atoms with E-state index >= 15 is 0 Å². The van der Waals surface area contributed by atoms with Gasteiger partial charge in [-0.3, -0.25) is 4.79 Å². The fraction of sp³-hybridized carbons (Fsp3) is 0.714. The van der Waals surface area contributed by atoms with E-state index in [2.05, 4.69) is 16.8 Å². The monoisotopic (exact) mass is 295 g/mol. The van der Waals surface area contributed by atoms with Gasteiger partial charge < -0.3 is 14.5 Å². The third-order valence-corrected chi connectivity index (χ3v) is 4.84. The molecular weight excluding hydrogens is 274 g/mol. The Bertz CT molecular complexity index is 471. The molecule has 1 aromatic heterocycles. The van der Waals surface area contributed by atoms with Crippen LogP contribution in [0.3, 0.4) is 0 Å². The van der Waals surface area contributed by atoms with Gasteiger partial charge in [0.05, 0.1) is 13.2 Å². The molecule has 2 aliphatic rings. The zero-order valence-electron chi connectivity index (χ0n) is 11.9. The van der Waals surface area contributed by atoms with Gasteiger partial charge in [-0.05, 0) is 18.8 Å². The molecule has 3 rings (SSSR count). The van der Waals surface area contributed by atoms with Crippen LogP contribution in [0.15, 0.2) is 5.38 Å². The van der Waals surface area contributed by atoms with Crippen molar-refractivity contribution in [2.75, 3.05) is 44.3 Å². The number of hydrogen-bond acceptors (Lipinski definition) is 5. The summed E-state index contributed by atoms with van der Waals surface area (Å²) >= 11 is 1.59. The van der Waals surface area contributed by atoms with Gasteiger partial charge in [-0.25, -0.2) is 4.98 Å². The number of aromatic nitrogens is 1. The molecule has 0 aromatic carbocycles. The molecule has 1 amide bonds. The Labute approximate surface area is 123 Å². The molecule has 0 N–H and O–H groups in total. The first-order valence-electron chi connectivity index (χ1n) is 7.31. The molecule has 110 valence electrons. The van der Waals surface area contributed by atoms with Crippen LogP contribution in [0.1, 0.15) is 30.3 Å². The maximum atomic E-state index is 12.4. The maximum absolute atomic E-state index is 12.4. The molecule has 0 aliphatic carbocycles. The van der Waals surface area contributed by atoms with E-state index in [9.17, 15) is 4.79 Å². The highest BCUT2D eigenvalue weighted by Gasteiger charge is 2.23. The SMILES string of the molecule is CC1CCCN(c2nc(C(=O)N3CCOCC3)cs2)C1. The van der Waals surface area contributed by atoms with Gasteiger partial charge in [-0.2, -0.15) is 0 Å². The number of piperidine rings is 1. The van der Waals surface area contributed by atoms with E-state index in [0.717, 1.165) is 18.2 Å². The summed E-state index contributed by atoms with van der Waals surface area (Å²) in [5.41, 5.74) is 0.588. The van der Waals surface area contributed by atoms with Crippen LogP contribution < -0.4 is 4.90 Å². The minimum Gasteiger partial charge on any atom is -0.378 e. The van der Waals surface area contributed by atoms with Gasteiger partial charge >= 0.3 is 0 Å². The topological polar surface area (TPSA) is 45.7 Å². The van der Waals surface area contributed by atoms with Crippen molar-refractivity contribution in [3.8, 4) is 0 Å². The van der Waals surface area contributed by atoms with E-state index in [4.69, 9.17) is 4.74 Å². The molecular formula is C14H21N3O2S. The predicted octanol–water partition coefficient (Wildman–Crippen LogP) is 1.85. The Morgan fingerprint density at radius 2 is 2.20 bits per heavy atom. The van der Waals surface area contributed by atoms with E-state index in [1.165, 1.54) is 12.8 Å². The largest absolute Gasteiger partial charge is 0.378 e. The molecule has 2 fully saturated rings. The van der Waals surface area contributed by atoms with Crippen LogP contribution in [-0.2, 0) is 4.74 Å². The number of rotatable bonds is 2. The van der Waals surface area contributed by atoms with Gasteiger partial charge in [0.15, 0.2) is 5.13 Å². The second-order valence-electron chi connectivity index (χ2n) is 5.61. The van der Waals surface area contributed by atoms with Crippen molar-refractivity contribution in [3.63, 3.8) is 0 Å². The molecule has 2 aliphatic heterocycles. The molecule has 2 saturated heterocycles. The van der Waals surface area contributed by atoms with Crippen molar-refractivity contribution < 1.29 is 9.53 Å². The summed E-state index contributed by atoms with van der Waals surface area (Å²) in [6.45, 7) is 7.00. The van der Waals surface area contributed by atoms with Crippen molar-refractivity contribution in [2.24, 2.45) is 5.92 Å². The number of nitrogens with zero attached hydrogens (tertiary/aromatic N) is 3. The van der Waals surface area contributed by atoms with Crippen molar-refractivity contribution in [1.29, 1.82) is 0 Å². The van der Waals surface area contributed by atoms with Crippen LogP contribution in [0.25, 0.3) is 0 Å². The van der Waals surface area contributed by atoms with E-state index in [1.54, 1.807) is 11.3 Å². The molecule has 6 heteroatoms. The molecule has 0 radical (unpaired) electrons. The molecule has 1 atom stereocenters. The lowest BCUT2D eigenvalue weighted by Gasteiger charge is -2.30. The summed E-state index contributed by atoms with van der Waals surface area (Å²) in [4.78, 5) is 21.1. The Kier molecular flexibility index (Phi) is 4.21. The maximum Gasteiger partial charge on any atom is 0.273 e. The average Bonchev–Trinajstić information content (AvgIpc) is 2.97. The number of carbonyl (C=O) groups excluding carboxylic acids is 1. The number of anilines is 1. The van der Waals surface area contributed by atoms with Gasteiger partial charge in [0.25, 0.3) is 5.91 Å². The van der Waals surface area contributed by atoms with Crippen LogP contribution in [0.5, 0.6) is 0 Å². The zero-order valence-corrected chi connectivity index (χ0v) is 12.7. The Morgan fingerprint density at radius 3 is 2.95 bits per heavy atom. The van der Waals surface area contributed by atoms with E-state index in [-0.39, 0.29) is 5.91 Å². The van der Waals surface area contributed by atoms with Crippen LogP contribution >= 0.6 is 11.3 Å². The standard InChI is InChI=1S/C14H21N3O2S/c1-11-3-2-4-17(9-11)14-15-12(10-20-14)13(18)16-5-7-19-8-6-16/h10-11H,2-9H2,1H3. The Hall–Kier alpha value is -1.14. The zero-order chi connectivity index (χ0) is 13.9. The first-order valence-corrected chi connectivity index (χ1v) is 8.19. The molecule has 0 saturated carbocycles. The molecule has 0 bridgehead atoms. The van der Waals surface area contributed by atoms with Crippen molar-refractivity contribution in [2.45, 2.75) is 19.8 Å². The number of carbonyl (C=O) groups is 1. The average molecular weight is 295 g/mol.